The Morgan fingerprint density at radius 2 is 2.31 bits per heavy atom. The van der Waals surface area contributed by atoms with E-state index in [4.69, 9.17) is 15.3 Å². The molecule has 5 heteroatoms. The van der Waals surface area contributed by atoms with Gasteiger partial charge < -0.3 is 15.3 Å². The van der Waals surface area contributed by atoms with Crippen molar-refractivity contribution in [3.05, 3.63) is 34.3 Å². The lowest BCUT2D eigenvalue weighted by Crippen LogP contribution is -2.26. The van der Waals surface area contributed by atoms with Crippen molar-refractivity contribution in [2.24, 2.45) is 12.8 Å². The van der Waals surface area contributed by atoms with Gasteiger partial charge in [-0.15, -0.1) is 0 Å². The first-order valence-electron chi connectivity index (χ1n) is 5.06. The van der Waals surface area contributed by atoms with E-state index in [1.165, 1.54) is 4.57 Å². The molecule has 0 bridgehead atoms. The standard InChI is InChI=1S/C11H14N2O3/c1-13-9-5-7(4-8(12)6-14)2-3-10(9)16-11(13)15/h2-3,5,8,14H,4,6,12H2,1H3. The third kappa shape index (κ3) is 1.87. The van der Waals surface area contributed by atoms with Crippen LogP contribution in [0.1, 0.15) is 5.56 Å². The van der Waals surface area contributed by atoms with E-state index >= 15 is 0 Å². The van der Waals surface area contributed by atoms with E-state index < -0.39 is 0 Å². The van der Waals surface area contributed by atoms with Gasteiger partial charge in [0.05, 0.1) is 12.1 Å². The van der Waals surface area contributed by atoms with Gasteiger partial charge in [-0.3, -0.25) is 4.57 Å². The van der Waals surface area contributed by atoms with Gasteiger partial charge in [-0.2, -0.15) is 0 Å². The first-order chi connectivity index (χ1) is 7.61. The molecule has 0 fully saturated rings. The lowest BCUT2D eigenvalue weighted by molar-refractivity contribution is 0.265. The molecule has 5 nitrogen and oxygen atoms in total. The number of hydrogen-bond donors (Lipinski definition) is 2. The Hall–Kier alpha value is -1.59. The number of nitrogens with two attached hydrogens (primary N) is 1. The highest BCUT2D eigenvalue weighted by atomic mass is 16.4. The average Bonchev–Trinajstić information content (AvgIpc) is 2.55. The molecule has 1 unspecified atom stereocenters. The number of oxazole rings is 1. The fourth-order valence-electron chi connectivity index (χ4n) is 1.67. The van der Waals surface area contributed by atoms with Gasteiger partial charge in [0.1, 0.15) is 0 Å². The number of aryl methyl sites for hydroxylation is 1. The fourth-order valence-corrected chi connectivity index (χ4v) is 1.67. The minimum Gasteiger partial charge on any atom is -0.408 e. The van der Waals surface area contributed by atoms with E-state index in [2.05, 4.69) is 0 Å². The van der Waals surface area contributed by atoms with Crippen molar-refractivity contribution in [2.75, 3.05) is 6.61 Å². The zero-order chi connectivity index (χ0) is 11.7. The highest BCUT2D eigenvalue weighted by Crippen LogP contribution is 2.15. The monoisotopic (exact) mass is 222 g/mol. The van der Waals surface area contributed by atoms with Crippen LogP contribution in [0, 0.1) is 0 Å². The molecule has 0 amide bonds. The maximum Gasteiger partial charge on any atom is 0.419 e. The first kappa shape index (κ1) is 10.9. The van der Waals surface area contributed by atoms with Crippen molar-refractivity contribution in [1.29, 1.82) is 0 Å². The lowest BCUT2D eigenvalue weighted by atomic mass is 10.1. The zero-order valence-corrected chi connectivity index (χ0v) is 9.01. The number of rotatable bonds is 3. The third-order valence-corrected chi connectivity index (χ3v) is 2.59. The van der Waals surface area contributed by atoms with Crippen LogP contribution in [0.5, 0.6) is 0 Å². The van der Waals surface area contributed by atoms with Gasteiger partial charge in [-0.1, -0.05) is 6.07 Å². The topological polar surface area (TPSA) is 81.4 Å². The Kier molecular flexibility index (Phi) is 2.80. The maximum absolute atomic E-state index is 11.3. The van der Waals surface area contributed by atoms with Crippen molar-refractivity contribution in [3.8, 4) is 0 Å². The SMILES string of the molecule is Cn1c(=O)oc2ccc(CC(N)CO)cc21. The van der Waals surface area contributed by atoms with Crippen LogP contribution in [0.4, 0.5) is 0 Å². The summed E-state index contributed by atoms with van der Waals surface area (Å²) in [6.45, 7) is -0.0532. The average molecular weight is 222 g/mol. The van der Waals surface area contributed by atoms with Gasteiger partial charge in [-0.05, 0) is 24.1 Å². The second-order valence-corrected chi connectivity index (χ2v) is 3.88. The first-order valence-corrected chi connectivity index (χ1v) is 5.06. The Morgan fingerprint density at radius 1 is 1.56 bits per heavy atom. The van der Waals surface area contributed by atoms with Gasteiger partial charge in [0.15, 0.2) is 5.58 Å². The second kappa shape index (κ2) is 4.11. The maximum atomic E-state index is 11.3. The van der Waals surface area contributed by atoms with Crippen LogP contribution in [0.3, 0.4) is 0 Å². The number of fused-ring (bicyclic) bond motifs is 1. The summed E-state index contributed by atoms with van der Waals surface area (Å²) in [7, 11) is 1.66. The van der Waals surface area contributed by atoms with Gasteiger partial charge in [-0.25, -0.2) is 4.79 Å². The molecule has 1 heterocycles. The third-order valence-electron chi connectivity index (χ3n) is 2.59. The normalized spacial score (nSPS) is 13.2. The second-order valence-electron chi connectivity index (χ2n) is 3.88. The Labute approximate surface area is 92.1 Å². The molecule has 16 heavy (non-hydrogen) atoms. The molecule has 0 aliphatic carbocycles. The minimum absolute atomic E-state index is 0.0532. The van der Waals surface area contributed by atoms with E-state index in [0.29, 0.717) is 12.0 Å². The van der Waals surface area contributed by atoms with Crippen molar-refractivity contribution in [1.82, 2.24) is 4.57 Å². The Morgan fingerprint density at radius 3 is 3.00 bits per heavy atom. The summed E-state index contributed by atoms with van der Waals surface area (Å²) < 4.78 is 6.46. The molecule has 0 radical (unpaired) electrons. The van der Waals surface area contributed by atoms with Crippen molar-refractivity contribution >= 4 is 11.1 Å². The van der Waals surface area contributed by atoms with Crippen LogP contribution in [0.25, 0.3) is 11.1 Å². The molecule has 0 spiro atoms. The van der Waals surface area contributed by atoms with Crippen molar-refractivity contribution in [2.45, 2.75) is 12.5 Å². The van der Waals surface area contributed by atoms with Crippen molar-refractivity contribution in [3.63, 3.8) is 0 Å². The summed E-state index contributed by atoms with van der Waals surface area (Å²) in [6, 6.07) is 5.17. The predicted molar refractivity (Wildman–Crippen MR) is 60.2 cm³/mol. The molecular formula is C11H14N2O3. The molecule has 2 aromatic rings. The van der Waals surface area contributed by atoms with E-state index in [1.54, 1.807) is 13.1 Å². The Bertz CT molecular complexity index is 556. The Balaban J connectivity index is 2.43. The smallest absolute Gasteiger partial charge is 0.408 e. The molecule has 0 aliphatic rings. The minimum atomic E-state index is -0.376. The molecule has 0 saturated carbocycles. The highest BCUT2D eigenvalue weighted by Gasteiger charge is 2.08. The van der Waals surface area contributed by atoms with E-state index in [1.807, 2.05) is 12.1 Å². The molecule has 86 valence electrons. The summed E-state index contributed by atoms with van der Waals surface area (Å²) in [5, 5.41) is 8.87. The lowest BCUT2D eigenvalue weighted by Gasteiger charge is -2.07. The molecule has 1 aromatic heterocycles. The van der Waals surface area contributed by atoms with Gasteiger partial charge in [0.25, 0.3) is 0 Å². The van der Waals surface area contributed by atoms with Gasteiger partial charge in [0, 0.05) is 13.1 Å². The van der Waals surface area contributed by atoms with Crippen LogP contribution in [0.15, 0.2) is 27.4 Å². The van der Waals surface area contributed by atoms with E-state index in [9.17, 15) is 4.79 Å². The summed E-state index contributed by atoms with van der Waals surface area (Å²) in [4.78, 5) is 11.3. The largest absolute Gasteiger partial charge is 0.419 e. The molecule has 0 aliphatic heterocycles. The molecule has 1 atom stereocenters. The van der Waals surface area contributed by atoms with Crippen LogP contribution in [-0.2, 0) is 13.5 Å². The fraction of sp³-hybridized carbons (Fsp3) is 0.364. The van der Waals surface area contributed by atoms with Gasteiger partial charge in [0.2, 0.25) is 0 Å². The molecule has 2 rings (SSSR count). The van der Waals surface area contributed by atoms with Crippen LogP contribution < -0.4 is 11.5 Å². The molecule has 1 aromatic carbocycles. The molecular weight excluding hydrogens is 208 g/mol. The van der Waals surface area contributed by atoms with E-state index in [0.717, 1.165) is 11.1 Å². The highest BCUT2D eigenvalue weighted by molar-refractivity contribution is 5.73. The quantitative estimate of drug-likeness (QED) is 0.765. The number of aromatic nitrogens is 1. The van der Waals surface area contributed by atoms with Crippen molar-refractivity contribution < 1.29 is 9.52 Å². The predicted octanol–water partition coefficient (Wildman–Crippen LogP) is -0.00640. The van der Waals surface area contributed by atoms with E-state index in [-0.39, 0.29) is 18.4 Å². The zero-order valence-electron chi connectivity index (χ0n) is 9.01. The van der Waals surface area contributed by atoms with Gasteiger partial charge >= 0.3 is 5.76 Å². The summed E-state index contributed by atoms with van der Waals surface area (Å²) >= 11 is 0. The van der Waals surface area contributed by atoms with Crippen LogP contribution in [-0.4, -0.2) is 22.3 Å². The number of aliphatic hydroxyl groups is 1. The number of benzene rings is 1. The number of aliphatic hydroxyl groups excluding tert-OH is 1. The summed E-state index contributed by atoms with van der Waals surface area (Å²) in [6.07, 6.45) is 0.575. The number of hydrogen-bond acceptors (Lipinski definition) is 4. The summed E-state index contributed by atoms with van der Waals surface area (Å²) in [5.74, 6) is -0.376. The number of nitrogens with zero attached hydrogens (tertiary/aromatic N) is 1. The van der Waals surface area contributed by atoms with Crippen LogP contribution >= 0.6 is 0 Å². The molecule has 3 N–H and O–H groups in total. The molecule has 0 saturated heterocycles. The van der Waals surface area contributed by atoms with Crippen LogP contribution in [0.2, 0.25) is 0 Å². The summed E-state index contributed by atoms with van der Waals surface area (Å²) in [5.41, 5.74) is 7.93.